The van der Waals surface area contributed by atoms with Crippen molar-refractivity contribution in [1.82, 2.24) is 19.9 Å². The fraction of sp³-hybridized carbons (Fsp3) is 0.255. The molecule has 6 N–H and O–H groups in total. The molecule has 0 amide bonds. The maximum Gasteiger partial charge on any atom is 0.322 e. The maximum atomic E-state index is 13.5. The number of hydrogen-bond donors (Lipinski definition) is 5. The highest BCUT2D eigenvalue weighted by molar-refractivity contribution is 5.79. The number of fused-ring (bicyclic) bond motifs is 2. The standard InChI is InChI=1S/C51H45N13O4/c1-29-5-6-31(21-52)15-43(29)63-48-57-13-11-41(61-48)35-18-37(24-55)46-39(20-35)51(4,26-60-46)28-68-47(66)40(56)10-9-33-8-7-32(22-53)16-44(33)64-49-58-14-12-42(62-49)34-17-36(23-54)45-38(19-34)50(3,25-59-45)27-67-30(2)65/h5-8,11-20,40,59-60H,9-10,25-28,56H2,1-4H3,(H,57,61,63)(H,58,62,64)/t40-,50+,51+/m0/s1. The molecule has 338 valence electrons. The third kappa shape index (κ3) is 9.42. The average Bonchev–Trinajstić information content (AvgIpc) is 3.88. The number of aromatic nitrogens is 4. The molecule has 0 spiro atoms. The van der Waals surface area contributed by atoms with Crippen molar-refractivity contribution in [2.75, 3.05) is 47.6 Å². The van der Waals surface area contributed by atoms with E-state index >= 15 is 0 Å². The number of ether oxygens (including phenoxy) is 2. The first-order valence-corrected chi connectivity index (χ1v) is 21.7. The quantitative estimate of drug-likeness (QED) is 0.0670. The topological polar surface area (TPSA) is 273 Å². The molecule has 0 saturated carbocycles. The van der Waals surface area contributed by atoms with Crippen molar-refractivity contribution < 1.29 is 19.1 Å². The molecular weight excluding hydrogens is 859 g/mol. The molecule has 0 saturated heterocycles. The monoisotopic (exact) mass is 903 g/mol. The number of benzene rings is 4. The molecule has 2 aromatic heterocycles. The maximum absolute atomic E-state index is 13.5. The van der Waals surface area contributed by atoms with E-state index in [1.165, 1.54) is 6.92 Å². The summed E-state index contributed by atoms with van der Waals surface area (Å²) in [7, 11) is 0. The SMILES string of the molecule is CC(=O)OC[C@@]1(C)CNc2c(C#N)cc(-c3ccnc(Nc4cc(C#N)ccc4CC[C@H](N)C(=O)OC[C@@]4(C)CNc5c(C#N)cc(-c6ccnc(Nc7cc(C#N)ccc7C)n6)cc54)n3)cc21. The predicted molar refractivity (Wildman–Crippen MR) is 254 cm³/mol. The van der Waals surface area contributed by atoms with E-state index in [2.05, 4.69) is 55.5 Å². The summed E-state index contributed by atoms with van der Waals surface area (Å²) in [5.74, 6) is -0.435. The number of nitrogens with one attached hydrogen (secondary N) is 4. The van der Waals surface area contributed by atoms with Gasteiger partial charge in [0.25, 0.3) is 0 Å². The number of nitrogens with zero attached hydrogens (tertiary/aromatic N) is 8. The molecule has 4 aromatic carbocycles. The van der Waals surface area contributed by atoms with Gasteiger partial charge >= 0.3 is 11.9 Å². The number of esters is 2. The van der Waals surface area contributed by atoms with Gasteiger partial charge in [-0.05, 0) is 103 Å². The largest absolute Gasteiger partial charge is 0.465 e. The Morgan fingerprint density at radius 1 is 0.721 bits per heavy atom. The average molecular weight is 904 g/mol. The molecular formula is C51H45N13O4. The summed E-state index contributed by atoms with van der Waals surface area (Å²) in [6.45, 7) is 8.19. The Balaban J connectivity index is 0.950. The second-order valence-corrected chi connectivity index (χ2v) is 17.4. The Morgan fingerprint density at radius 2 is 1.24 bits per heavy atom. The summed E-state index contributed by atoms with van der Waals surface area (Å²) >= 11 is 0. The van der Waals surface area contributed by atoms with E-state index in [4.69, 9.17) is 25.2 Å². The number of hydrogen-bond acceptors (Lipinski definition) is 17. The third-order valence-corrected chi connectivity index (χ3v) is 12.3. The molecule has 4 heterocycles. The van der Waals surface area contributed by atoms with Crippen LogP contribution in [0.4, 0.5) is 34.6 Å². The van der Waals surface area contributed by atoms with Gasteiger partial charge in [0.05, 0.1) is 57.2 Å². The van der Waals surface area contributed by atoms with Crippen molar-refractivity contribution in [1.29, 1.82) is 21.0 Å². The Bertz CT molecular complexity index is 3180. The van der Waals surface area contributed by atoms with Gasteiger partial charge in [0.15, 0.2) is 0 Å². The number of rotatable bonds is 14. The second-order valence-electron chi connectivity index (χ2n) is 17.4. The lowest BCUT2D eigenvalue weighted by Gasteiger charge is -2.25. The van der Waals surface area contributed by atoms with Gasteiger partial charge in [-0.2, -0.15) is 21.0 Å². The first-order valence-electron chi connectivity index (χ1n) is 21.7. The van der Waals surface area contributed by atoms with E-state index in [9.17, 15) is 30.6 Å². The fourth-order valence-corrected chi connectivity index (χ4v) is 8.34. The minimum atomic E-state index is -0.990. The van der Waals surface area contributed by atoms with E-state index in [0.29, 0.717) is 93.0 Å². The van der Waals surface area contributed by atoms with Gasteiger partial charge < -0.3 is 36.5 Å². The van der Waals surface area contributed by atoms with Gasteiger partial charge in [-0.1, -0.05) is 26.0 Å². The lowest BCUT2D eigenvalue weighted by molar-refractivity contribution is -0.147. The van der Waals surface area contributed by atoms with Gasteiger partial charge in [-0.15, -0.1) is 0 Å². The first-order chi connectivity index (χ1) is 32.7. The zero-order chi connectivity index (χ0) is 48.2. The smallest absolute Gasteiger partial charge is 0.322 e. The van der Waals surface area contributed by atoms with Crippen LogP contribution in [0.25, 0.3) is 22.5 Å². The van der Waals surface area contributed by atoms with Crippen LogP contribution < -0.4 is 27.0 Å². The summed E-state index contributed by atoms with van der Waals surface area (Å²) in [5.41, 5.74) is 15.2. The summed E-state index contributed by atoms with van der Waals surface area (Å²) in [6, 6.07) is 29.2. The highest BCUT2D eigenvalue weighted by atomic mass is 16.5. The van der Waals surface area contributed by atoms with Crippen LogP contribution in [0.15, 0.2) is 85.2 Å². The number of anilines is 6. The van der Waals surface area contributed by atoms with Gasteiger partial charge in [0.1, 0.15) is 31.4 Å². The van der Waals surface area contributed by atoms with Crippen LogP contribution in [-0.4, -0.2) is 64.2 Å². The summed E-state index contributed by atoms with van der Waals surface area (Å²) in [6.07, 6.45) is 3.75. The number of nitriles is 4. The first kappa shape index (κ1) is 45.7. The normalized spacial score (nSPS) is 16.8. The van der Waals surface area contributed by atoms with Crippen molar-refractivity contribution in [2.45, 2.75) is 57.4 Å². The molecule has 0 radical (unpaired) electrons. The Hall–Kier alpha value is -8.90. The second kappa shape index (κ2) is 18.9. The minimum Gasteiger partial charge on any atom is -0.465 e. The molecule has 17 nitrogen and oxygen atoms in total. The van der Waals surface area contributed by atoms with Crippen molar-refractivity contribution in [3.05, 3.63) is 130 Å². The number of carbonyl (C=O) groups is 2. The van der Waals surface area contributed by atoms with Crippen LogP contribution in [0, 0.1) is 52.2 Å². The van der Waals surface area contributed by atoms with Gasteiger partial charge in [-0.25, -0.2) is 19.9 Å². The van der Waals surface area contributed by atoms with Gasteiger partial charge in [0, 0.05) is 65.7 Å². The molecule has 17 heteroatoms. The van der Waals surface area contributed by atoms with Crippen LogP contribution in [0.2, 0.25) is 0 Å². The number of carbonyl (C=O) groups excluding carboxylic acids is 2. The van der Waals surface area contributed by atoms with Crippen molar-refractivity contribution >= 4 is 46.6 Å². The molecule has 2 aliphatic heterocycles. The van der Waals surface area contributed by atoms with Crippen molar-refractivity contribution in [3.63, 3.8) is 0 Å². The molecule has 2 aliphatic rings. The van der Waals surface area contributed by atoms with Crippen molar-refractivity contribution in [3.8, 4) is 46.8 Å². The molecule has 0 bridgehead atoms. The van der Waals surface area contributed by atoms with Crippen LogP contribution in [0.1, 0.15) is 71.7 Å². The fourth-order valence-electron chi connectivity index (χ4n) is 8.34. The highest BCUT2D eigenvalue weighted by Gasteiger charge is 2.39. The molecule has 0 fully saturated rings. The zero-order valence-corrected chi connectivity index (χ0v) is 37.7. The molecule has 8 rings (SSSR count). The molecule has 3 atom stereocenters. The minimum absolute atomic E-state index is 0.0156. The van der Waals surface area contributed by atoms with E-state index in [0.717, 1.165) is 22.3 Å². The van der Waals surface area contributed by atoms with Crippen LogP contribution in [0.3, 0.4) is 0 Å². The molecule has 0 unspecified atom stereocenters. The lowest BCUT2D eigenvalue weighted by Crippen LogP contribution is -2.38. The number of aryl methyl sites for hydroxylation is 2. The van der Waals surface area contributed by atoms with E-state index in [1.807, 2.05) is 39.0 Å². The molecule has 68 heavy (non-hydrogen) atoms. The summed E-state index contributed by atoms with van der Waals surface area (Å²) in [4.78, 5) is 43.5. The third-order valence-electron chi connectivity index (χ3n) is 12.3. The lowest BCUT2D eigenvalue weighted by atomic mass is 9.83. The van der Waals surface area contributed by atoms with Crippen LogP contribution >= 0.6 is 0 Å². The van der Waals surface area contributed by atoms with Crippen LogP contribution in [0.5, 0.6) is 0 Å². The molecule has 0 aliphatic carbocycles. The number of nitrogens with two attached hydrogens (primary N) is 1. The highest BCUT2D eigenvalue weighted by Crippen LogP contribution is 2.43. The Morgan fingerprint density at radius 3 is 1.76 bits per heavy atom. The Labute approximate surface area is 392 Å². The van der Waals surface area contributed by atoms with Crippen LogP contribution in [-0.2, 0) is 36.3 Å². The van der Waals surface area contributed by atoms with E-state index in [-0.39, 0.29) is 25.6 Å². The van der Waals surface area contributed by atoms with E-state index in [1.54, 1.807) is 67.0 Å². The van der Waals surface area contributed by atoms with Gasteiger partial charge in [-0.3, -0.25) is 9.59 Å². The predicted octanol–water partition coefficient (Wildman–Crippen LogP) is 7.32. The molecule has 6 aromatic rings. The zero-order valence-electron chi connectivity index (χ0n) is 37.7. The Kier molecular flexibility index (Phi) is 12.7. The van der Waals surface area contributed by atoms with Gasteiger partial charge in [0.2, 0.25) is 11.9 Å². The van der Waals surface area contributed by atoms with Crippen molar-refractivity contribution in [2.24, 2.45) is 5.73 Å². The summed E-state index contributed by atoms with van der Waals surface area (Å²) < 4.78 is 11.3. The summed E-state index contributed by atoms with van der Waals surface area (Å²) in [5, 5.41) is 52.5. The van der Waals surface area contributed by atoms with E-state index < -0.39 is 28.8 Å².